The van der Waals surface area contributed by atoms with Crippen LogP contribution in [0, 0.1) is 6.92 Å². The molecule has 0 spiro atoms. The fraction of sp³-hybridized carbons (Fsp3) is 0.0625. The van der Waals surface area contributed by atoms with Crippen LogP contribution in [0.5, 0.6) is 0 Å². The maximum atomic E-state index is 13.3. The minimum absolute atomic E-state index is 0.152. The van der Waals surface area contributed by atoms with Gasteiger partial charge >= 0.3 is 0 Å². The zero-order valence-corrected chi connectivity index (χ0v) is 19.6. The number of halogens is 3. The molecule has 12 heteroatoms. The minimum Gasteiger partial charge on any atom is -0.335 e. The van der Waals surface area contributed by atoms with Gasteiger partial charge < -0.3 is 4.52 Å². The standard InChI is InChI=1S/C16H11Br2ClN2O5S2/c1-10-15(19)16(26-20-10)21(27(22,23)13-6-2-11(17)3-7-13)28(24,25)14-8-4-12(18)5-9-14/h2-9H,1H3. The number of sulfonamides is 2. The maximum Gasteiger partial charge on any atom is 0.280 e. The van der Waals surface area contributed by atoms with Gasteiger partial charge in [-0.2, -0.15) is 16.8 Å². The van der Waals surface area contributed by atoms with Crippen molar-refractivity contribution in [2.75, 3.05) is 3.71 Å². The Labute approximate surface area is 183 Å². The highest BCUT2D eigenvalue weighted by molar-refractivity contribution is 9.10. The van der Waals surface area contributed by atoms with Gasteiger partial charge in [0, 0.05) is 8.95 Å². The van der Waals surface area contributed by atoms with Crippen molar-refractivity contribution in [2.45, 2.75) is 16.7 Å². The van der Waals surface area contributed by atoms with E-state index in [-0.39, 0.29) is 24.2 Å². The fourth-order valence-corrected chi connectivity index (χ4v) is 6.57. The summed E-state index contributed by atoms with van der Waals surface area (Å²) >= 11 is 12.5. The maximum absolute atomic E-state index is 13.3. The second-order valence-electron chi connectivity index (χ2n) is 5.50. The van der Waals surface area contributed by atoms with Gasteiger partial charge in [0.05, 0.1) is 9.79 Å². The summed E-state index contributed by atoms with van der Waals surface area (Å²) in [5.41, 5.74) is 0.152. The summed E-state index contributed by atoms with van der Waals surface area (Å²) < 4.78 is 59.5. The van der Waals surface area contributed by atoms with Gasteiger partial charge in [0.25, 0.3) is 25.9 Å². The Hall–Kier alpha value is -1.40. The summed E-state index contributed by atoms with van der Waals surface area (Å²) in [4.78, 5) is -0.525. The Kier molecular flexibility index (Phi) is 5.93. The molecule has 1 aromatic heterocycles. The molecule has 0 amide bonds. The number of anilines is 1. The second kappa shape index (κ2) is 7.79. The molecule has 0 saturated carbocycles. The quantitative estimate of drug-likeness (QED) is 0.439. The lowest BCUT2D eigenvalue weighted by molar-refractivity contribution is 0.425. The van der Waals surface area contributed by atoms with Crippen molar-refractivity contribution in [1.29, 1.82) is 0 Å². The van der Waals surface area contributed by atoms with Crippen LogP contribution in [0.25, 0.3) is 0 Å². The van der Waals surface area contributed by atoms with Gasteiger partial charge in [0.2, 0.25) is 0 Å². The van der Waals surface area contributed by atoms with Crippen LogP contribution in [0.3, 0.4) is 0 Å². The Balaban J connectivity index is 2.28. The van der Waals surface area contributed by atoms with E-state index >= 15 is 0 Å². The molecule has 0 radical (unpaired) electrons. The molecule has 0 unspecified atom stereocenters. The highest BCUT2D eigenvalue weighted by Crippen LogP contribution is 2.37. The van der Waals surface area contributed by atoms with Gasteiger partial charge in [-0.25, -0.2) is 0 Å². The van der Waals surface area contributed by atoms with Crippen LogP contribution in [0.15, 0.2) is 71.8 Å². The average molecular weight is 571 g/mol. The Bertz CT molecular complexity index is 1150. The zero-order chi connectivity index (χ0) is 20.7. The number of hydrogen-bond acceptors (Lipinski definition) is 6. The third-order valence-electron chi connectivity index (χ3n) is 3.60. The minimum atomic E-state index is -4.60. The lowest BCUT2D eigenvalue weighted by atomic mass is 10.4. The summed E-state index contributed by atoms with van der Waals surface area (Å²) in [5.74, 6) is -0.606. The van der Waals surface area contributed by atoms with E-state index in [9.17, 15) is 16.8 Å². The van der Waals surface area contributed by atoms with E-state index in [1.807, 2.05) is 0 Å². The molecule has 3 rings (SSSR count). The summed E-state index contributed by atoms with van der Waals surface area (Å²) in [6.45, 7) is 1.46. The number of rotatable bonds is 5. The molecule has 0 bridgehead atoms. The molecule has 0 atom stereocenters. The monoisotopic (exact) mass is 568 g/mol. The van der Waals surface area contributed by atoms with Crippen LogP contribution in [-0.2, 0) is 20.0 Å². The Morgan fingerprint density at radius 3 is 1.57 bits per heavy atom. The van der Waals surface area contributed by atoms with Crippen LogP contribution in [0.4, 0.5) is 5.88 Å². The van der Waals surface area contributed by atoms with Crippen LogP contribution in [0.2, 0.25) is 5.02 Å². The van der Waals surface area contributed by atoms with Crippen molar-refractivity contribution < 1.29 is 21.4 Å². The van der Waals surface area contributed by atoms with E-state index < -0.39 is 25.9 Å². The van der Waals surface area contributed by atoms with E-state index in [1.165, 1.54) is 55.5 Å². The summed E-state index contributed by atoms with van der Waals surface area (Å²) in [7, 11) is -9.20. The highest BCUT2D eigenvalue weighted by Gasteiger charge is 2.41. The molecular weight excluding hydrogens is 560 g/mol. The molecule has 7 nitrogen and oxygen atoms in total. The van der Waals surface area contributed by atoms with Gasteiger partial charge in [-0.3, -0.25) is 0 Å². The van der Waals surface area contributed by atoms with Crippen molar-refractivity contribution in [3.05, 3.63) is 68.2 Å². The van der Waals surface area contributed by atoms with E-state index in [0.717, 1.165) is 0 Å². The molecular formula is C16H11Br2ClN2O5S2. The molecule has 0 saturated heterocycles. The molecule has 0 fully saturated rings. The number of hydrogen-bond donors (Lipinski definition) is 0. The van der Waals surface area contributed by atoms with Gasteiger partial charge in [-0.15, -0.1) is 3.71 Å². The Morgan fingerprint density at radius 2 is 1.25 bits per heavy atom. The SMILES string of the molecule is Cc1noc(N(S(=O)(=O)c2ccc(Br)cc2)S(=O)(=O)c2ccc(Br)cc2)c1Cl. The van der Waals surface area contributed by atoms with E-state index in [2.05, 4.69) is 37.0 Å². The predicted octanol–water partition coefficient (Wildman–Crippen LogP) is 4.75. The van der Waals surface area contributed by atoms with E-state index in [4.69, 9.17) is 16.1 Å². The van der Waals surface area contributed by atoms with E-state index in [1.54, 1.807) is 0 Å². The summed E-state index contributed by atoms with van der Waals surface area (Å²) in [5, 5.41) is 3.37. The number of benzene rings is 2. The van der Waals surface area contributed by atoms with Crippen molar-refractivity contribution in [2.24, 2.45) is 0 Å². The molecule has 28 heavy (non-hydrogen) atoms. The Morgan fingerprint density at radius 1 is 0.857 bits per heavy atom. The normalized spacial score (nSPS) is 12.1. The molecule has 148 valence electrons. The van der Waals surface area contributed by atoms with Crippen LogP contribution in [0.1, 0.15) is 5.69 Å². The van der Waals surface area contributed by atoms with Gasteiger partial charge in [0.1, 0.15) is 10.7 Å². The third kappa shape index (κ3) is 3.86. The van der Waals surface area contributed by atoms with Crippen LogP contribution in [-0.4, -0.2) is 22.0 Å². The van der Waals surface area contributed by atoms with Gasteiger partial charge in [-0.05, 0) is 55.5 Å². The molecule has 3 aromatic rings. The molecule has 0 aliphatic rings. The topological polar surface area (TPSA) is 97.6 Å². The predicted molar refractivity (Wildman–Crippen MR) is 111 cm³/mol. The van der Waals surface area contributed by atoms with E-state index in [0.29, 0.717) is 8.95 Å². The molecule has 1 heterocycles. The number of aromatic nitrogens is 1. The van der Waals surface area contributed by atoms with Gasteiger partial charge in [-0.1, -0.05) is 48.6 Å². The number of nitrogens with zero attached hydrogens (tertiary/aromatic N) is 2. The van der Waals surface area contributed by atoms with Crippen LogP contribution >= 0.6 is 43.5 Å². The average Bonchev–Trinajstić information content (AvgIpc) is 2.94. The molecule has 0 aliphatic carbocycles. The fourth-order valence-electron chi connectivity index (χ4n) is 2.21. The lowest BCUT2D eigenvalue weighted by Crippen LogP contribution is -2.37. The molecule has 0 N–H and O–H groups in total. The number of aryl methyl sites for hydroxylation is 1. The first-order valence-electron chi connectivity index (χ1n) is 7.48. The van der Waals surface area contributed by atoms with Gasteiger partial charge in [0.15, 0.2) is 0 Å². The highest BCUT2D eigenvalue weighted by atomic mass is 79.9. The lowest BCUT2D eigenvalue weighted by Gasteiger charge is -2.21. The van der Waals surface area contributed by atoms with Crippen LogP contribution < -0.4 is 3.71 Å². The summed E-state index contributed by atoms with van der Waals surface area (Å²) in [6.07, 6.45) is 0. The van der Waals surface area contributed by atoms with Crippen molar-refractivity contribution >= 4 is 69.4 Å². The van der Waals surface area contributed by atoms with Crippen molar-refractivity contribution in [3.8, 4) is 0 Å². The van der Waals surface area contributed by atoms with Crippen molar-refractivity contribution in [3.63, 3.8) is 0 Å². The third-order valence-corrected chi connectivity index (χ3v) is 9.21. The smallest absolute Gasteiger partial charge is 0.280 e. The molecule has 2 aromatic carbocycles. The zero-order valence-electron chi connectivity index (χ0n) is 14.0. The first kappa shape index (κ1) is 21.3. The summed E-state index contributed by atoms with van der Waals surface area (Å²) in [6, 6.07) is 11.0. The van der Waals surface area contributed by atoms with Crippen molar-refractivity contribution in [1.82, 2.24) is 5.16 Å². The first-order chi connectivity index (χ1) is 13.0. The first-order valence-corrected chi connectivity index (χ1v) is 12.3. The largest absolute Gasteiger partial charge is 0.335 e. The second-order valence-corrected chi connectivity index (χ2v) is 11.5. The molecule has 0 aliphatic heterocycles.